The lowest BCUT2D eigenvalue weighted by Gasteiger charge is -2.11. The Balaban J connectivity index is 1.39. The number of amides is 1. The SMILES string of the molecule is COCC(Cl)CCNC(=O)C1C2C3CCC(C3)C12. The minimum atomic E-state index is 0.00480. The average Bonchev–Trinajstić information content (AvgIpc) is 2.79. The minimum absolute atomic E-state index is 0.00480. The van der Waals surface area contributed by atoms with Crippen molar-refractivity contribution in [2.24, 2.45) is 29.6 Å². The summed E-state index contributed by atoms with van der Waals surface area (Å²) in [4.78, 5) is 12.1. The molecule has 4 heteroatoms. The summed E-state index contributed by atoms with van der Waals surface area (Å²) < 4.78 is 4.97. The van der Waals surface area contributed by atoms with E-state index in [-0.39, 0.29) is 11.3 Å². The molecule has 1 amide bonds. The van der Waals surface area contributed by atoms with Crippen LogP contribution >= 0.6 is 11.6 Å². The van der Waals surface area contributed by atoms with Crippen LogP contribution in [0.5, 0.6) is 0 Å². The molecule has 3 saturated carbocycles. The molecule has 0 spiro atoms. The second kappa shape index (κ2) is 5.01. The van der Waals surface area contributed by atoms with Crippen molar-refractivity contribution in [3.05, 3.63) is 0 Å². The maximum Gasteiger partial charge on any atom is 0.223 e. The van der Waals surface area contributed by atoms with Gasteiger partial charge in [0, 0.05) is 19.6 Å². The summed E-state index contributed by atoms with van der Waals surface area (Å²) in [5.74, 6) is 3.81. The van der Waals surface area contributed by atoms with E-state index < -0.39 is 0 Å². The predicted molar refractivity (Wildman–Crippen MR) is 70.4 cm³/mol. The van der Waals surface area contributed by atoms with Crippen LogP contribution in [-0.2, 0) is 9.53 Å². The fraction of sp³-hybridized carbons (Fsp3) is 0.929. The number of carbonyl (C=O) groups is 1. The van der Waals surface area contributed by atoms with Gasteiger partial charge in [-0.2, -0.15) is 0 Å². The van der Waals surface area contributed by atoms with Gasteiger partial charge in [-0.15, -0.1) is 11.6 Å². The second-order valence-corrected chi connectivity index (χ2v) is 6.76. The van der Waals surface area contributed by atoms with Crippen molar-refractivity contribution < 1.29 is 9.53 Å². The maximum atomic E-state index is 12.1. The first-order valence-electron chi connectivity index (χ1n) is 7.13. The number of hydrogen-bond donors (Lipinski definition) is 1. The molecule has 0 aromatic rings. The monoisotopic (exact) mass is 271 g/mol. The van der Waals surface area contributed by atoms with Crippen molar-refractivity contribution in [3.8, 4) is 0 Å². The Morgan fingerprint density at radius 2 is 2.06 bits per heavy atom. The van der Waals surface area contributed by atoms with Gasteiger partial charge in [0.2, 0.25) is 5.91 Å². The lowest BCUT2D eigenvalue weighted by Crippen LogP contribution is -2.30. The normalized spacial score (nSPS) is 41.6. The van der Waals surface area contributed by atoms with Crippen molar-refractivity contribution >= 4 is 17.5 Å². The van der Waals surface area contributed by atoms with Crippen LogP contribution in [0.1, 0.15) is 25.7 Å². The third kappa shape index (κ3) is 2.16. The quantitative estimate of drug-likeness (QED) is 0.751. The van der Waals surface area contributed by atoms with Gasteiger partial charge in [-0.05, 0) is 49.4 Å². The zero-order chi connectivity index (χ0) is 12.7. The Morgan fingerprint density at radius 1 is 1.39 bits per heavy atom. The number of nitrogens with one attached hydrogen (secondary N) is 1. The number of hydrogen-bond acceptors (Lipinski definition) is 2. The van der Waals surface area contributed by atoms with Gasteiger partial charge >= 0.3 is 0 Å². The molecule has 2 bridgehead atoms. The highest BCUT2D eigenvalue weighted by Gasteiger charge is 2.67. The van der Waals surface area contributed by atoms with E-state index in [1.165, 1.54) is 19.3 Å². The molecule has 0 radical (unpaired) electrons. The molecule has 0 heterocycles. The highest BCUT2D eigenvalue weighted by atomic mass is 35.5. The molecule has 3 nitrogen and oxygen atoms in total. The Morgan fingerprint density at radius 3 is 2.67 bits per heavy atom. The van der Waals surface area contributed by atoms with Crippen LogP contribution in [0, 0.1) is 29.6 Å². The predicted octanol–water partition coefficient (Wildman–Crippen LogP) is 2.04. The van der Waals surface area contributed by atoms with Gasteiger partial charge < -0.3 is 10.1 Å². The number of alkyl halides is 1. The third-order valence-electron chi connectivity index (χ3n) is 5.14. The van der Waals surface area contributed by atoms with E-state index in [0.717, 1.165) is 30.1 Å². The number of rotatable bonds is 6. The van der Waals surface area contributed by atoms with Crippen LogP contribution in [0.25, 0.3) is 0 Å². The Hall–Kier alpha value is -0.280. The van der Waals surface area contributed by atoms with Crippen molar-refractivity contribution in [1.29, 1.82) is 0 Å². The first kappa shape index (κ1) is 12.7. The van der Waals surface area contributed by atoms with Crippen LogP contribution in [0.3, 0.4) is 0 Å². The number of fused-ring (bicyclic) bond motifs is 5. The first-order chi connectivity index (χ1) is 8.72. The summed E-state index contributed by atoms with van der Waals surface area (Å²) in [6.07, 6.45) is 4.92. The van der Waals surface area contributed by atoms with Crippen molar-refractivity contribution in [2.45, 2.75) is 31.1 Å². The maximum absolute atomic E-state index is 12.1. The highest BCUT2D eigenvalue weighted by molar-refractivity contribution is 6.20. The fourth-order valence-electron chi connectivity index (χ4n) is 4.41. The number of halogens is 1. The highest BCUT2D eigenvalue weighted by Crippen LogP contribution is 2.69. The first-order valence-corrected chi connectivity index (χ1v) is 7.56. The third-order valence-corrected chi connectivity index (χ3v) is 5.49. The molecule has 0 aliphatic heterocycles. The Labute approximate surface area is 114 Å². The molecule has 0 saturated heterocycles. The van der Waals surface area contributed by atoms with Crippen LogP contribution in [0.15, 0.2) is 0 Å². The Bertz CT molecular complexity index is 320. The number of carbonyl (C=O) groups excluding carboxylic acids is 1. The molecule has 1 N–H and O–H groups in total. The Kier molecular flexibility index (Phi) is 3.55. The molecule has 3 fully saturated rings. The van der Waals surface area contributed by atoms with Gasteiger partial charge in [-0.3, -0.25) is 4.79 Å². The summed E-state index contributed by atoms with van der Waals surface area (Å²) in [6.45, 7) is 1.23. The largest absolute Gasteiger partial charge is 0.383 e. The molecule has 18 heavy (non-hydrogen) atoms. The van der Waals surface area contributed by atoms with E-state index >= 15 is 0 Å². The van der Waals surface area contributed by atoms with Gasteiger partial charge in [0.05, 0.1) is 12.0 Å². The second-order valence-electron chi connectivity index (χ2n) is 6.15. The minimum Gasteiger partial charge on any atom is -0.383 e. The molecular formula is C14H22ClNO2. The topological polar surface area (TPSA) is 38.3 Å². The molecule has 0 aromatic heterocycles. The molecule has 0 aromatic carbocycles. The lowest BCUT2D eigenvalue weighted by molar-refractivity contribution is -0.123. The van der Waals surface area contributed by atoms with E-state index in [1.807, 2.05) is 0 Å². The number of ether oxygens (including phenoxy) is 1. The average molecular weight is 272 g/mol. The molecule has 102 valence electrons. The molecule has 5 atom stereocenters. The zero-order valence-corrected chi connectivity index (χ0v) is 11.7. The summed E-state index contributed by atoms with van der Waals surface area (Å²) >= 11 is 6.04. The summed E-state index contributed by atoms with van der Waals surface area (Å²) in [7, 11) is 1.65. The molecular weight excluding hydrogens is 250 g/mol. The van der Waals surface area contributed by atoms with E-state index in [0.29, 0.717) is 19.1 Å². The van der Waals surface area contributed by atoms with E-state index in [4.69, 9.17) is 16.3 Å². The van der Waals surface area contributed by atoms with Gasteiger partial charge in [0.1, 0.15) is 0 Å². The van der Waals surface area contributed by atoms with Crippen LogP contribution in [0.2, 0.25) is 0 Å². The van der Waals surface area contributed by atoms with Crippen LogP contribution in [-0.4, -0.2) is 31.5 Å². The fourth-order valence-corrected chi connectivity index (χ4v) is 4.64. The van der Waals surface area contributed by atoms with Crippen LogP contribution < -0.4 is 5.32 Å². The van der Waals surface area contributed by atoms with E-state index in [1.54, 1.807) is 7.11 Å². The molecule has 3 aliphatic carbocycles. The van der Waals surface area contributed by atoms with Gasteiger partial charge in [0.15, 0.2) is 0 Å². The van der Waals surface area contributed by atoms with E-state index in [9.17, 15) is 4.79 Å². The molecule has 5 unspecified atom stereocenters. The van der Waals surface area contributed by atoms with Crippen molar-refractivity contribution in [1.82, 2.24) is 5.32 Å². The smallest absolute Gasteiger partial charge is 0.223 e. The summed E-state index contributed by atoms with van der Waals surface area (Å²) in [6, 6.07) is 0. The molecule has 3 rings (SSSR count). The van der Waals surface area contributed by atoms with Crippen molar-refractivity contribution in [3.63, 3.8) is 0 Å². The van der Waals surface area contributed by atoms with E-state index in [2.05, 4.69) is 5.32 Å². The zero-order valence-electron chi connectivity index (χ0n) is 10.9. The standard InChI is InChI=1S/C14H22ClNO2/c1-18-7-10(15)4-5-16-14(17)13-11-8-2-3-9(6-8)12(11)13/h8-13H,2-7H2,1H3,(H,16,17). The van der Waals surface area contributed by atoms with Gasteiger partial charge in [-0.25, -0.2) is 0 Å². The van der Waals surface area contributed by atoms with Crippen LogP contribution in [0.4, 0.5) is 0 Å². The number of methoxy groups -OCH3 is 1. The summed E-state index contributed by atoms with van der Waals surface area (Å²) in [5, 5.41) is 3.06. The van der Waals surface area contributed by atoms with Crippen molar-refractivity contribution in [2.75, 3.05) is 20.3 Å². The summed E-state index contributed by atoms with van der Waals surface area (Å²) in [5.41, 5.74) is 0. The van der Waals surface area contributed by atoms with Gasteiger partial charge in [0.25, 0.3) is 0 Å². The van der Waals surface area contributed by atoms with Gasteiger partial charge in [-0.1, -0.05) is 0 Å². The molecule has 3 aliphatic rings. The lowest BCUT2D eigenvalue weighted by atomic mass is 10.0.